The van der Waals surface area contributed by atoms with Crippen molar-refractivity contribution in [3.8, 4) is 0 Å². The van der Waals surface area contributed by atoms with Gasteiger partial charge < -0.3 is 14.6 Å². The van der Waals surface area contributed by atoms with Gasteiger partial charge in [-0.15, -0.1) is 0 Å². The molecule has 2 aliphatic rings. The molecule has 2 heterocycles. The van der Waals surface area contributed by atoms with Crippen LogP contribution in [-0.4, -0.2) is 37.0 Å². The Labute approximate surface area is 83.2 Å². The summed E-state index contributed by atoms with van der Waals surface area (Å²) in [4.78, 5) is 11.3. The van der Waals surface area contributed by atoms with Crippen LogP contribution in [0.1, 0.15) is 25.7 Å². The Kier molecular flexibility index (Phi) is 2.74. The van der Waals surface area contributed by atoms with Crippen molar-refractivity contribution in [1.29, 1.82) is 0 Å². The summed E-state index contributed by atoms with van der Waals surface area (Å²) in [6.45, 7) is 1.80. The Hall–Kier alpha value is -0.610. The zero-order valence-corrected chi connectivity index (χ0v) is 8.20. The molecule has 1 atom stereocenters. The van der Waals surface area contributed by atoms with Crippen LogP contribution in [0.15, 0.2) is 0 Å². The highest BCUT2D eigenvalue weighted by Gasteiger charge is 2.48. The van der Waals surface area contributed by atoms with Gasteiger partial charge >= 0.3 is 5.97 Å². The Bertz CT molecular complexity index is 214. The fourth-order valence-electron chi connectivity index (χ4n) is 2.42. The summed E-state index contributed by atoms with van der Waals surface area (Å²) in [6.07, 6.45) is 2.95. The van der Waals surface area contributed by atoms with E-state index in [4.69, 9.17) is 9.47 Å². The number of carboxylic acid groups (broad SMARTS) is 1. The van der Waals surface area contributed by atoms with E-state index < -0.39 is 11.4 Å². The van der Waals surface area contributed by atoms with E-state index in [0.717, 1.165) is 12.8 Å². The summed E-state index contributed by atoms with van der Waals surface area (Å²) in [5.41, 5.74) is -0.672. The largest absolute Gasteiger partial charge is 0.481 e. The molecule has 0 aromatic carbocycles. The van der Waals surface area contributed by atoms with Crippen molar-refractivity contribution in [3.05, 3.63) is 0 Å². The standard InChI is InChI=1S/C10H16O4/c11-9(12)10(3-6-13-7-4-10)8-2-1-5-14-8/h8H,1-7H2,(H,11,12). The molecule has 0 aromatic heterocycles. The van der Waals surface area contributed by atoms with Gasteiger partial charge in [0.25, 0.3) is 0 Å². The zero-order chi connectivity index (χ0) is 10.0. The van der Waals surface area contributed by atoms with Gasteiger partial charge in [-0.1, -0.05) is 0 Å². The van der Waals surface area contributed by atoms with Crippen LogP contribution in [0.3, 0.4) is 0 Å². The van der Waals surface area contributed by atoms with Crippen LogP contribution in [-0.2, 0) is 14.3 Å². The minimum atomic E-state index is -0.715. The van der Waals surface area contributed by atoms with Gasteiger partial charge in [-0.25, -0.2) is 0 Å². The minimum absolute atomic E-state index is 0.0936. The second-order valence-electron chi connectivity index (χ2n) is 4.08. The third-order valence-electron chi connectivity index (χ3n) is 3.36. The van der Waals surface area contributed by atoms with Crippen molar-refractivity contribution in [2.24, 2.45) is 5.41 Å². The van der Waals surface area contributed by atoms with Crippen molar-refractivity contribution in [3.63, 3.8) is 0 Å². The average molecular weight is 200 g/mol. The van der Waals surface area contributed by atoms with Crippen LogP contribution in [0.25, 0.3) is 0 Å². The van der Waals surface area contributed by atoms with E-state index >= 15 is 0 Å². The lowest BCUT2D eigenvalue weighted by Crippen LogP contribution is -2.46. The summed E-state index contributed by atoms with van der Waals surface area (Å²) >= 11 is 0. The van der Waals surface area contributed by atoms with Crippen LogP contribution in [0.5, 0.6) is 0 Å². The molecule has 4 nitrogen and oxygen atoms in total. The molecular weight excluding hydrogens is 184 g/mol. The SMILES string of the molecule is O=C(O)C1(C2CCCO2)CCOCC1. The Morgan fingerprint density at radius 1 is 1.29 bits per heavy atom. The van der Waals surface area contributed by atoms with E-state index in [2.05, 4.69) is 0 Å². The molecule has 80 valence electrons. The fraction of sp³-hybridized carbons (Fsp3) is 0.900. The average Bonchev–Trinajstić information content (AvgIpc) is 2.72. The maximum Gasteiger partial charge on any atom is 0.312 e. The van der Waals surface area contributed by atoms with Crippen LogP contribution < -0.4 is 0 Å². The van der Waals surface area contributed by atoms with E-state index in [1.165, 1.54) is 0 Å². The number of aliphatic carboxylic acids is 1. The number of hydrogen-bond acceptors (Lipinski definition) is 3. The summed E-state index contributed by atoms with van der Waals surface area (Å²) in [5, 5.41) is 9.31. The highest BCUT2D eigenvalue weighted by Crippen LogP contribution is 2.40. The monoisotopic (exact) mass is 200 g/mol. The molecule has 2 rings (SSSR count). The van der Waals surface area contributed by atoms with Crippen molar-refractivity contribution < 1.29 is 19.4 Å². The lowest BCUT2D eigenvalue weighted by molar-refractivity contribution is -0.166. The molecule has 4 heteroatoms. The number of carbonyl (C=O) groups is 1. The lowest BCUT2D eigenvalue weighted by Gasteiger charge is -2.37. The maximum absolute atomic E-state index is 11.3. The van der Waals surface area contributed by atoms with Crippen molar-refractivity contribution in [1.82, 2.24) is 0 Å². The van der Waals surface area contributed by atoms with E-state index in [1.54, 1.807) is 0 Å². The Balaban J connectivity index is 2.15. The molecule has 0 radical (unpaired) electrons. The fourth-order valence-corrected chi connectivity index (χ4v) is 2.42. The van der Waals surface area contributed by atoms with Crippen LogP contribution >= 0.6 is 0 Å². The second-order valence-corrected chi connectivity index (χ2v) is 4.08. The molecule has 2 aliphatic heterocycles. The van der Waals surface area contributed by atoms with Gasteiger partial charge in [0, 0.05) is 19.8 Å². The summed E-state index contributed by atoms with van der Waals surface area (Å²) < 4.78 is 10.7. The van der Waals surface area contributed by atoms with Crippen LogP contribution in [0, 0.1) is 5.41 Å². The normalized spacial score (nSPS) is 31.6. The van der Waals surface area contributed by atoms with Crippen molar-refractivity contribution in [2.45, 2.75) is 31.8 Å². The summed E-state index contributed by atoms with van der Waals surface area (Å²) in [6, 6.07) is 0. The van der Waals surface area contributed by atoms with Gasteiger partial charge in [0.2, 0.25) is 0 Å². The number of ether oxygens (including phenoxy) is 2. The minimum Gasteiger partial charge on any atom is -0.481 e. The Morgan fingerprint density at radius 3 is 2.50 bits per heavy atom. The molecule has 0 saturated carbocycles. The topological polar surface area (TPSA) is 55.8 Å². The first kappa shape index (κ1) is 9.93. The molecule has 0 aliphatic carbocycles. The smallest absolute Gasteiger partial charge is 0.312 e. The predicted molar refractivity (Wildman–Crippen MR) is 49.1 cm³/mol. The van der Waals surface area contributed by atoms with E-state index in [0.29, 0.717) is 32.7 Å². The Morgan fingerprint density at radius 2 is 2.00 bits per heavy atom. The summed E-state index contributed by atoms with van der Waals surface area (Å²) in [5.74, 6) is -0.715. The van der Waals surface area contributed by atoms with Crippen molar-refractivity contribution >= 4 is 5.97 Å². The van der Waals surface area contributed by atoms with Gasteiger partial charge in [0.15, 0.2) is 0 Å². The highest BCUT2D eigenvalue weighted by molar-refractivity contribution is 5.75. The highest BCUT2D eigenvalue weighted by atomic mass is 16.5. The number of rotatable bonds is 2. The first-order valence-electron chi connectivity index (χ1n) is 5.18. The quantitative estimate of drug-likeness (QED) is 0.723. The van der Waals surface area contributed by atoms with Gasteiger partial charge in [0.05, 0.1) is 11.5 Å². The van der Waals surface area contributed by atoms with Crippen LogP contribution in [0.4, 0.5) is 0 Å². The van der Waals surface area contributed by atoms with Gasteiger partial charge in [-0.05, 0) is 25.7 Å². The van der Waals surface area contributed by atoms with Gasteiger partial charge in [-0.3, -0.25) is 4.79 Å². The molecule has 0 spiro atoms. The van der Waals surface area contributed by atoms with Gasteiger partial charge in [-0.2, -0.15) is 0 Å². The van der Waals surface area contributed by atoms with Crippen molar-refractivity contribution in [2.75, 3.05) is 19.8 Å². The van der Waals surface area contributed by atoms with E-state index in [-0.39, 0.29) is 6.10 Å². The molecular formula is C10H16O4. The first-order valence-corrected chi connectivity index (χ1v) is 5.18. The third kappa shape index (κ3) is 1.53. The molecule has 0 amide bonds. The predicted octanol–water partition coefficient (Wildman–Crippen LogP) is 1.05. The third-order valence-corrected chi connectivity index (χ3v) is 3.36. The second kappa shape index (κ2) is 3.87. The number of carboxylic acids is 1. The molecule has 1 N–H and O–H groups in total. The van der Waals surface area contributed by atoms with Crippen LogP contribution in [0.2, 0.25) is 0 Å². The molecule has 0 aromatic rings. The van der Waals surface area contributed by atoms with E-state index in [1.807, 2.05) is 0 Å². The molecule has 2 saturated heterocycles. The van der Waals surface area contributed by atoms with Gasteiger partial charge in [0.1, 0.15) is 0 Å². The molecule has 14 heavy (non-hydrogen) atoms. The summed E-state index contributed by atoms with van der Waals surface area (Å²) in [7, 11) is 0. The number of hydrogen-bond donors (Lipinski definition) is 1. The first-order chi connectivity index (χ1) is 6.76. The molecule has 0 bridgehead atoms. The molecule has 2 fully saturated rings. The lowest BCUT2D eigenvalue weighted by atomic mass is 9.74. The zero-order valence-electron chi connectivity index (χ0n) is 8.20. The van der Waals surface area contributed by atoms with E-state index in [9.17, 15) is 9.90 Å². The molecule has 1 unspecified atom stereocenters. The maximum atomic E-state index is 11.3.